The van der Waals surface area contributed by atoms with Crippen LogP contribution in [0.4, 0.5) is 18.9 Å². The first-order valence-corrected chi connectivity index (χ1v) is 8.00. The number of carbonyl (C=O) groups is 1. The number of quaternary nitrogens is 1. The summed E-state index contributed by atoms with van der Waals surface area (Å²) in [6.45, 7) is 1.11. The normalized spacial score (nSPS) is 14.2. The smallest absolute Gasteiger partial charge is 0.471 e. The monoisotopic (exact) mass is 479 g/mol. The van der Waals surface area contributed by atoms with E-state index in [4.69, 9.17) is 0 Å². The molecule has 1 amide bonds. The molecule has 0 unspecified atom stereocenters. The molecule has 0 bridgehead atoms. The maximum absolute atomic E-state index is 13.1. The maximum atomic E-state index is 13.1. The van der Waals surface area contributed by atoms with Gasteiger partial charge >= 0.3 is 12.1 Å². The zero-order valence-electron chi connectivity index (χ0n) is 14.8. The quantitative estimate of drug-likeness (QED) is 0.445. The highest BCUT2D eigenvalue weighted by Crippen LogP contribution is 2.32. The van der Waals surface area contributed by atoms with Gasteiger partial charge in [0.1, 0.15) is 6.54 Å². The Morgan fingerprint density at radius 1 is 1.08 bits per heavy atom. The van der Waals surface area contributed by atoms with Gasteiger partial charge in [-0.2, -0.15) is 13.2 Å². The third-order valence-corrected chi connectivity index (χ3v) is 4.22. The van der Waals surface area contributed by atoms with Crippen LogP contribution < -0.4 is 28.9 Å². The predicted octanol–water partition coefficient (Wildman–Crippen LogP) is 0.156. The van der Waals surface area contributed by atoms with Crippen molar-refractivity contribution in [3.63, 3.8) is 0 Å². The SMILES string of the molecule is C[N+](C)(C)Cc1ccc2n1Cc1ccccc1N(C(=O)C(F)(F)F)C2.[I-]. The van der Waals surface area contributed by atoms with Crippen LogP contribution in [0.5, 0.6) is 0 Å². The van der Waals surface area contributed by atoms with Gasteiger partial charge in [-0.05, 0) is 23.8 Å². The Labute approximate surface area is 167 Å². The molecule has 2 aromatic rings. The Balaban J connectivity index is 0.00000243. The molecular weight excluding hydrogens is 458 g/mol. The number of hydrogen-bond donors (Lipinski definition) is 0. The van der Waals surface area contributed by atoms with Crippen molar-refractivity contribution in [1.82, 2.24) is 4.57 Å². The summed E-state index contributed by atoms with van der Waals surface area (Å²) in [5.41, 5.74) is 2.78. The van der Waals surface area contributed by atoms with E-state index in [0.29, 0.717) is 28.0 Å². The van der Waals surface area contributed by atoms with Gasteiger partial charge in [0.05, 0.1) is 33.4 Å². The number of rotatable bonds is 2. The van der Waals surface area contributed by atoms with Gasteiger partial charge < -0.3 is 33.0 Å². The fraction of sp³-hybridized carbons (Fsp3) is 0.389. The molecule has 0 aliphatic carbocycles. The first-order chi connectivity index (χ1) is 11.6. The molecule has 0 N–H and O–H groups in total. The molecule has 26 heavy (non-hydrogen) atoms. The Hall–Kier alpha value is -1.55. The van der Waals surface area contributed by atoms with Gasteiger partial charge in [0.15, 0.2) is 0 Å². The summed E-state index contributed by atoms with van der Waals surface area (Å²) in [5.74, 6) is -1.83. The van der Waals surface area contributed by atoms with E-state index in [1.807, 2.05) is 16.7 Å². The first kappa shape index (κ1) is 20.8. The molecule has 0 saturated carbocycles. The van der Waals surface area contributed by atoms with E-state index in [1.165, 1.54) is 0 Å². The van der Waals surface area contributed by atoms with E-state index < -0.39 is 12.1 Å². The van der Waals surface area contributed by atoms with Crippen molar-refractivity contribution < 1.29 is 46.4 Å². The molecule has 0 saturated heterocycles. The van der Waals surface area contributed by atoms with Crippen LogP contribution in [0, 0.1) is 0 Å². The summed E-state index contributed by atoms with van der Waals surface area (Å²) in [7, 11) is 6.18. The average Bonchev–Trinajstić information content (AvgIpc) is 2.76. The van der Waals surface area contributed by atoms with Gasteiger partial charge in [-0.15, -0.1) is 0 Å². The van der Waals surface area contributed by atoms with Crippen molar-refractivity contribution in [2.75, 3.05) is 26.0 Å². The van der Waals surface area contributed by atoms with E-state index in [2.05, 4.69) is 21.1 Å². The van der Waals surface area contributed by atoms with Crippen molar-refractivity contribution >= 4 is 11.6 Å². The number of fused-ring (bicyclic) bond motifs is 2. The Kier molecular flexibility index (Phi) is 5.77. The van der Waals surface area contributed by atoms with Crippen molar-refractivity contribution in [2.24, 2.45) is 0 Å². The van der Waals surface area contributed by atoms with E-state index in [-0.39, 0.29) is 30.5 Å². The van der Waals surface area contributed by atoms with E-state index in [0.717, 1.165) is 17.1 Å². The summed E-state index contributed by atoms with van der Waals surface area (Å²) in [6.07, 6.45) is -4.90. The molecule has 1 aliphatic rings. The molecule has 0 spiro atoms. The fourth-order valence-electron chi connectivity index (χ4n) is 3.18. The highest BCUT2D eigenvalue weighted by molar-refractivity contribution is 5.98. The van der Waals surface area contributed by atoms with Crippen LogP contribution >= 0.6 is 0 Å². The van der Waals surface area contributed by atoms with Gasteiger partial charge in [0.2, 0.25) is 0 Å². The van der Waals surface area contributed by atoms with Crippen LogP contribution in [0.1, 0.15) is 17.0 Å². The minimum Gasteiger partial charge on any atom is -1.00 e. The number of hydrogen-bond acceptors (Lipinski definition) is 1. The lowest BCUT2D eigenvalue weighted by molar-refractivity contribution is -0.884. The molecule has 0 atom stereocenters. The zero-order valence-corrected chi connectivity index (χ0v) is 17.0. The molecule has 4 nitrogen and oxygen atoms in total. The van der Waals surface area contributed by atoms with Gasteiger partial charge in [-0.25, -0.2) is 0 Å². The Bertz CT molecular complexity index is 809. The number of carbonyl (C=O) groups excluding carboxylic acids is 1. The van der Waals surface area contributed by atoms with Crippen molar-refractivity contribution in [2.45, 2.75) is 25.8 Å². The molecule has 2 heterocycles. The average molecular weight is 479 g/mol. The lowest BCUT2D eigenvalue weighted by Gasteiger charge is -2.25. The summed E-state index contributed by atoms with van der Waals surface area (Å²) >= 11 is 0. The van der Waals surface area contributed by atoms with Crippen LogP contribution in [0.3, 0.4) is 0 Å². The molecule has 1 aliphatic heterocycles. The summed E-state index contributed by atoms with van der Waals surface area (Å²) in [5, 5.41) is 0. The zero-order chi connectivity index (χ0) is 18.4. The molecule has 0 radical (unpaired) electrons. The minimum atomic E-state index is -4.90. The molecular formula is C18H21F3IN3O. The number of anilines is 1. The molecule has 1 aromatic carbocycles. The number of nitrogens with zero attached hydrogens (tertiary/aromatic N) is 3. The van der Waals surface area contributed by atoms with Gasteiger partial charge in [0.25, 0.3) is 0 Å². The second kappa shape index (κ2) is 7.22. The van der Waals surface area contributed by atoms with Crippen molar-refractivity contribution in [3.8, 4) is 0 Å². The first-order valence-electron chi connectivity index (χ1n) is 8.00. The summed E-state index contributed by atoms with van der Waals surface area (Å²) < 4.78 is 41.9. The number of amides is 1. The lowest BCUT2D eigenvalue weighted by Crippen LogP contribution is -3.00. The van der Waals surface area contributed by atoms with Crippen molar-refractivity contribution in [1.29, 1.82) is 0 Å². The molecule has 8 heteroatoms. The van der Waals surface area contributed by atoms with Gasteiger partial charge in [-0.1, -0.05) is 18.2 Å². The number of halogens is 4. The molecule has 0 fully saturated rings. The standard InChI is InChI=1S/C18H21F3N3O.HI/c1-24(2,3)12-15-9-8-14-11-23(17(25)18(19,20)21)16-7-5-4-6-13(16)10-22(14)15;/h4-9H,10-12H2,1-3H3;1H/q+1;/p-1. The van der Waals surface area contributed by atoms with Crippen LogP contribution in [0.25, 0.3) is 0 Å². The van der Waals surface area contributed by atoms with Crippen LogP contribution in [-0.2, 0) is 24.4 Å². The third-order valence-electron chi connectivity index (χ3n) is 4.22. The Morgan fingerprint density at radius 3 is 2.35 bits per heavy atom. The highest BCUT2D eigenvalue weighted by atomic mass is 127. The molecule has 1 aromatic heterocycles. The van der Waals surface area contributed by atoms with Gasteiger partial charge in [-0.3, -0.25) is 9.69 Å². The largest absolute Gasteiger partial charge is 1.00 e. The minimum absolute atomic E-state index is 0. The second-order valence-corrected chi connectivity index (χ2v) is 7.37. The summed E-state index contributed by atoms with van der Waals surface area (Å²) in [4.78, 5) is 12.8. The number of benzene rings is 1. The highest BCUT2D eigenvalue weighted by Gasteiger charge is 2.44. The van der Waals surface area contributed by atoms with E-state index in [9.17, 15) is 18.0 Å². The van der Waals surface area contributed by atoms with Crippen molar-refractivity contribution in [3.05, 3.63) is 53.3 Å². The van der Waals surface area contributed by atoms with Gasteiger partial charge in [0, 0.05) is 17.9 Å². The maximum Gasteiger partial charge on any atom is 0.471 e. The van der Waals surface area contributed by atoms with Crippen LogP contribution in [-0.4, -0.2) is 42.3 Å². The topological polar surface area (TPSA) is 25.2 Å². The van der Waals surface area contributed by atoms with Crippen LogP contribution in [0.2, 0.25) is 0 Å². The molecule has 142 valence electrons. The number of alkyl halides is 3. The fourth-order valence-corrected chi connectivity index (χ4v) is 3.18. The third kappa shape index (κ3) is 4.22. The summed E-state index contributed by atoms with van der Waals surface area (Å²) in [6, 6.07) is 10.5. The number of aromatic nitrogens is 1. The van der Waals surface area contributed by atoms with Crippen LogP contribution in [0.15, 0.2) is 36.4 Å². The lowest BCUT2D eigenvalue weighted by atomic mass is 10.1. The predicted molar refractivity (Wildman–Crippen MR) is 89.0 cm³/mol. The van der Waals surface area contributed by atoms with E-state index >= 15 is 0 Å². The van der Waals surface area contributed by atoms with E-state index in [1.54, 1.807) is 24.3 Å². The second-order valence-electron chi connectivity index (χ2n) is 7.37. The molecule has 3 rings (SSSR count). The number of para-hydroxylation sites is 1. The Morgan fingerprint density at radius 2 is 1.73 bits per heavy atom.